The summed E-state index contributed by atoms with van der Waals surface area (Å²) in [6, 6.07) is 0. The summed E-state index contributed by atoms with van der Waals surface area (Å²) in [7, 11) is 4.96. The van der Waals surface area contributed by atoms with Crippen molar-refractivity contribution in [2.75, 3.05) is 28.4 Å². The van der Waals surface area contributed by atoms with Gasteiger partial charge in [-0.2, -0.15) is 0 Å². The lowest BCUT2D eigenvalue weighted by Gasteiger charge is -2.29. The quantitative estimate of drug-likeness (QED) is 0.433. The second kappa shape index (κ2) is 12.1. The Hall–Kier alpha value is -2.64. The van der Waals surface area contributed by atoms with Gasteiger partial charge in [0.25, 0.3) is 0 Å². The van der Waals surface area contributed by atoms with Crippen molar-refractivity contribution in [3.8, 4) is 0 Å². The number of carbonyl (C=O) groups is 4. The Kier molecular flexibility index (Phi) is 10.3. The van der Waals surface area contributed by atoms with Crippen molar-refractivity contribution in [2.45, 2.75) is 52.4 Å². The fourth-order valence-corrected chi connectivity index (χ4v) is 4.03. The molecular weight excluding hydrogens is 392 g/mol. The normalized spacial score (nSPS) is 24.3. The maximum absolute atomic E-state index is 12.7. The third-order valence-corrected chi connectivity index (χ3v) is 5.32. The van der Waals surface area contributed by atoms with Crippen LogP contribution in [0.25, 0.3) is 0 Å². The van der Waals surface area contributed by atoms with E-state index in [1.54, 1.807) is 0 Å². The third-order valence-electron chi connectivity index (χ3n) is 5.32. The molecule has 1 aliphatic carbocycles. The van der Waals surface area contributed by atoms with E-state index in [4.69, 9.17) is 18.9 Å². The van der Waals surface area contributed by atoms with Gasteiger partial charge in [0, 0.05) is 11.1 Å². The lowest BCUT2D eigenvalue weighted by Crippen LogP contribution is -2.30. The van der Waals surface area contributed by atoms with Crippen molar-refractivity contribution in [1.82, 2.24) is 0 Å². The summed E-state index contributed by atoms with van der Waals surface area (Å²) in [6.07, 6.45) is 2.46. The van der Waals surface area contributed by atoms with Crippen molar-refractivity contribution < 1.29 is 38.1 Å². The van der Waals surface area contributed by atoms with Crippen LogP contribution in [0.4, 0.5) is 0 Å². The second-order valence-electron chi connectivity index (χ2n) is 7.13. The van der Waals surface area contributed by atoms with Crippen molar-refractivity contribution in [3.63, 3.8) is 0 Å². The van der Waals surface area contributed by atoms with E-state index in [0.29, 0.717) is 25.7 Å². The molecule has 0 N–H and O–H groups in total. The molecule has 30 heavy (non-hydrogen) atoms. The molecule has 0 aromatic rings. The Balaban J connectivity index is 3.88. The molecule has 0 saturated heterocycles. The van der Waals surface area contributed by atoms with Gasteiger partial charge in [0.15, 0.2) is 0 Å². The number of methoxy groups -OCH3 is 4. The van der Waals surface area contributed by atoms with Crippen molar-refractivity contribution in [1.29, 1.82) is 0 Å². The highest BCUT2D eigenvalue weighted by Crippen LogP contribution is 2.40. The van der Waals surface area contributed by atoms with E-state index in [9.17, 15) is 19.2 Å². The molecule has 0 bridgehead atoms. The van der Waals surface area contributed by atoms with E-state index in [0.717, 1.165) is 0 Å². The molecular formula is C22H32O8. The molecule has 1 aliphatic rings. The molecule has 1 rings (SSSR count). The first-order chi connectivity index (χ1) is 14.3. The van der Waals surface area contributed by atoms with E-state index in [1.165, 1.54) is 28.4 Å². The van der Waals surface area contributed by atoms with E-state index < -0.39 is 35.7 Å². The number of rotatable bonds is 8. The molecule has 0 unspecified atom stereocenters. The monoisotopic (exact) mass is 424 g/mol. The van der Waals surface area contributed by atoms with Gasteiger partial charge in [-0.3, -0.25) is 0 Å². The summed E-state index contributed by atoms with van der Waals surface area (Å²) >= 11 is 0. The number of ether oxygens (including phenoxy) is 4. The summed E-state index contributed by atoms with van der Waals surface area (Å²) in [5.41, 5.74) is 0.730. The van der Waals surface area contributed by atoms with Crippen LogP contribution >= 0.6 is 0 Å². The fourth-order valence-electron chi connectivity index (χ4n) is 4.03. The molecule has 0 aromatic heterocycles. The van der Waals surface area contributed by atoms with Crippen LogP contribution in [0.5, 0.6) is 0 Å². The van der Waals surface area contributed by atoms with Gasteiger partial charge < -0.3 is 18.9 Å². The van der Waals surface area contributed by atoms with Crippen LogP contribution in [0, 0.1) is 11.8 Å². The van der Waals surface area contributed by atoms with Gasteiger partial charge in [0.1, 0.15) is 0 Å². The smallest absolute Gasteiger partial charge is 0.334 e. The number of hydrogen-bond donors (Lipinski definition) is 0. The number of carbonyl (C=O) groups excluding carboxylic acids is 4. The minimum atomic E-state index is -0.650. The molecule has 0 saturated carbocycles. The summed E-state index contributed by atoms with van der Waals surface area (Å²) in [4.78, 5) is 50.8. The topological polar surface area (TPSA) is 105 Å². The molecule has 8 nitrogen and oxygen atoms in total. The van der Waals surface area contributed by atoms with Crippen LogP contribution in [0.15, 0.2) is 22.3 Å². The average molecular weight is 424 g/mol. The largest absolute Gasteiger partial charge is 0.466 e. The van der Waals surface area contributed by atoms with Crippen LogP contribution in [0.1, 0.15) is 52.4 Å². The summed E-state index contributed by atoms with van der Waals surface area (Å²) in [5, 5.41) is 0. The Morgan fingerprint density at radius 3 is 1.17 bits per heavy atom. The van der Waals surface area contributed by atoms with Gasteiger partial charge in [0.2, 0.25) is 0 Å². The first kappa shape index (κ1) is 25.4. The molecule has 0 aliphatic heterocycles. The highest BCUT2D eigenvalue weighted by molar-refractivity contribution is 6.04. The highest BCUT2D eigenvalue weighted by Gasteiger charge is 2.39. The third kappa shape index (κ3) is 5.70. The van der Waals surface area contributed by atoms with Gasteiger partial charge in [-0.15, -0.1) is 0 Å². The zero-order valence-corrected chi connectivity index (χ0v) is 18.7. The lowest BCUT2D eigenvalue weighted by molar-refractivity contribution is -0.141. The minimum Gasteiger partial charge on any atom is -0.466 e. The van der Waals surface area contributed by atoms with Gasteiger partial charge in [-0.1, -0.05) is 26.7 Å². The molecule has 0 amide bonds. The van der Waals surface area contributed by atoms with Crippen LogP contribution in [0.2, 0.25) is 0 Å². The maximum atomic E-state index is 12.7. The van der Waals surface area contributed by atoms with Crippen LogP contribution in [-0.4, -0.2) is 52.3 Å². The zero-order valence-electron chi connectivity index (χ0n) is 18.7. The minimum absolute atomic E-state index is 0.0517. The molecule has 0 aromatic carbocycles. The summed E-state index contributed by atoms with van der Waals surface area (Å²) < 4.78 is 19.8. The molecule has 0 spiro atoms. The maximum Gasteiger partial charge on any atom is 0.334 e. The predicted octanol–water partition coefficient (Wildman–Crippen LogP) is 2.90. The van der Waals surface area contributed by atoms with Crippen molar-refractivity contribution in [3.05, 3.63) is 22.3 Å². The summed E-state index contributed by atoms with van der Waals surface area (Å²) in [6.45, 7) is 3.85. The molecule has 0 radical (unpaired) electrons. The molecule has 2 atom stereocenters. The summed E-state index contributed by atoms with van der Waals surface area (Å²) in [5.74, 6) is -3.63. The highest BCUT2D eigenvalue weighted by atomic mass is 16.5. The molecule has 168 valence electrons. The van der Waals surface area contributed by atoms with E-state index in [1.807, 2.05) is 13.8 Å². The van der Waals surface area contributed by atoms with Gasteiger partial charge in [-0.05, 0) is 37.5 Å². The number of esters is 4. The average Bonchev–Trinajstić information content (AvgIpc) is 2.74. The Bertz CT molecular complexity index is 669. The Labute approximate surface area is 177 Å². The molecule has 0 fully saturated rings. The van der Waals surface area contributed by atoms with Crippen LogP contribution in [0.3, 0.4) is 0 Å². The zero-order chi connectivity index (χ0) is 22.8. The SMILES string of the molecule is CCC[C@H]1C/C(C(=O)OC)=C(/C(=O)OC)[C@@H](CCC)C/C(C(=O)OC)=C\1C(=O)OC. The van der Waals surface area contributed by atoms with E-state index >= 15 is 0 Å². The van der Waals surface area contributed by atoms with E-state index in [2.05, 4.69) is 0 Å². The first-order valence-corrected chi connectivity index (χ1v) is 10.1. The van der Waals surface area contributed by atoms with Gasteiger partial charge >= 0.3 is 23.9 Å². The second-order valence-corrected chi connectivity index (χ2v) is 7.13. The first-order valence-electron chi connectivity index (χ1n) is 10.1. The molecule has 0 heterocycles. The predicted molar refractivity (Wildman–Crippen MR) is 108 cm³/mol. The fraction of sp³-hybridized carbons (Fsp3) is 0.636. The van der Waals surface area contributed by atoms with Crippen molar-refractivity contribution in [2.24, 2.45) is 11.8 Å². The van der Waals surface area contributed by atoms with Gasteiger partial charge in [0.05, 0.1) is 39.6 Å². The van der Waals surface area contributed by atoms with Crippen molar-refractivity contribution >= 4 is 23.9 Å². The van der Waals surface area contributed by atoms with Crippen LogP contribution in [-0.2, 0) is 38.1 Å². The van der Waals surface area contributed by atoms with Gasteiger partial charge in [-0.25, -0.2) is 19.2 Å². The Morgan fingerprint density at radius 1 is 0.633 bits per heavy atom. The number of hydrogen-bond acceptors (Lipinski definition) is 8. The standard InChI is InChI=1S/C22H32O8/c1-7-9-13-11-15(19(23)27-3)18(22(26)30-6)14(10-8-2)12-16(20(24)28-4)17(13)21(25)29-5/h13-14H,7-12H2,1-6H3/b17-16-,18-15-/t13-,14-/m0/s1. The van der Waals surface area contributed by atoms with Crippen LogP contribution < -0.4 is 0 Å². The molecule has 8 heteroatoms. The Morgan fingerprint density at radius 2 is 0.933 bits per heavy atom. The lowest BCUT2D eigenvalue weighted by atomic mass is 9.75. The van der Waals surface area contributed by atoms with E-state index in [-0.39, 0.29) is 35.1 Å².